The zero-order valence-electron chi connectivity index (χ0n) is 16.7. The Labute approximate surface area is 153 Å². The first-order chi connectivity index (χ1) is 12.0. The van der Waals surface area contributed by atoms with Crippen LogP contribution in [0.4, 0.5) is 0 Å². The highest BCUT2D eigenvalue weighted by atomic mass is 16.5. The molecule has 0 heterocycles. The van der Waals surface area contributed by atoms with Gasteiger partial charge in [0.2, 0.25) is 11.8 Å². The molecule has 25 heavy (non-hydrogen) atoms. The molecule has 0 radical (unpaired) electrons. The third-order valence-electron chi connectivity index (χ3n) is 3.98. The van der Waals surface area contributed by atoms with Crippen LogP contribution in [-0.4, -0.2) is 49.8 Å². The Kier molecular flexibility index (Phi) is 14.5. The molecule has 0 saturated carbocycles. The average Bonchev–Trinajstić information content (AvgIpc) is 2.59. The van der Waals surface area contributed by atoms with Gasteiger partial charge < -0.3 is 20.1 Å². The van der Waals surface area contributed by atoms with Crippen LogP contribution in [0.2, 0.25) is 0 Å². The minimum atomic E-state index is -0.474. The number of ether oxygens (including phenoxy) is 2. The van der Waals surface area contributed by atoms with Crippen molar-refractivity contribution < 1.29 is 19.1 Å². The monoisotopic (exact) mass is 358 g/mol. The summed E-state index contributed by atoms with van der Waals surface area (Å²) in [6.07, 6.45) is 4.75. The summed E-state index contributed by atoms with van der Waals surface area (Å²) in [5.41, 5.74) is 0. The van der Waals surface area contributed by atoms with E-state index in [0.29, 0.717) is 19.8 Å². The molecular weight excluding hydrogens is 320 g/mol. The lowest BCUT2D eigenvalue weighted by molar-refractivity contribution is -0.134. The molecule has 148 valence electrons. The predicted molar refractivity (Wildman–Crippen MR) is 100 cm³/mol. The van der Waals surface area contributed by atoms with Gasteiger partial charge in [-0.2, -0.15) is 0 Å². The first-order valence-corrected chi connectivity index (χ1v) is 9.77. The molecule has 0 aromatic heterocycles. The summed E-state index contributed by atoms with van der Waals surface area (Å²) in [6, 6.07) is -0.0958. The van der Waals surface area contributed by atoms with Gasteiger partial charge in [-0.05, 0) is 33.1 Å². The molecule has 0 fully saturated rings. The van der Waals surface area contributed by atoms with E-state index in [0.717, 1.165) is 38.5 Å². The number of hydrogen-bond acceptors (Lipinski definition) is 4. The molecule has 0 saturated heterocycles. The van der Waals surface area contributed by atoms with Gasteiger partial charge in [0.1, 0.15) is 12.2 Å². The van der Waals surface area contributed by atoms with Crippen LogP contribution in [0.5, 0.6) is 0 Å². The van der Waals surface area contributed by atoms with Crippen molar-refractivity contribution in [3.63, 3.8) is 0 Å². The van der Waals surface area contributed by atoms with E-state index < -0.39 is 12.2 Å². The zero-order chi connectivity index (χ0) is 19.1. The van der Waals surface area contributed by atoms with Crippen LogP contribution in [0.15, 0.2) is 0 Å². The second-order valence-corrected chi connectivity index (χ2v) is 6.47. The Morgan fingerprint density at radius 3 is 1.84 bits per heavy atom. The number of amides is 2. The summed E-state index contributed by atoms with van der Waals surface area (Å²) in [5, 5.41) is 5.84. The molecule has 0 bridgehead atoms. The Balaban J connectivity index is 4.26. The number of carbonyl (C=O) groups excluding carboxylic acids is 2. The summed E-state index contributed by atoms with van der Waals surface area (Å²) in [7, 11) is 0. The van der Waals surface area contributed by atoms with Crippen molar-refractivity contribution in [3.8, 4) is 0 Å². The van der Waals surface area contributed by atoms with Gasteiger partial charge in [-0.15, -0.1) is 0 Å². The van der Waals surface area contributed by atoms with Crippen molar-refractivity contribution in [2.75, 3.05) is 19.8 Å². The lowest BCUT2D eigenvalue weighted by Gasteiger charge is -2.22. The maximum Gasteiger partial charge on any atom is 0.249 e. The van der Waals surface area contributed by atoms with Crippen molar-refractivity contribution in [1.82, 2.24) is 10.6 Å². The fourth-order valence-electron chi connectivity index (χ4n) is 2.22. The van der Waals surface area contributed by atoms with Crippen LogP contribution in [-0.2, 0) is 19.1 Å². The van der Waals surface area contributed by atoms with Gasteiger partial charge in [-0.3, -0.25) is 9.59 Å². The average molecular weight is 359 g/mol. The van der Waals surface area contributed by atoms with Gasteiger partial charge in [-0.1, -0.05) is 40.0 Å². The highest BCUT2D eigenvalue weighted by Gasteiger charge is 2.19. The normalized spacial score (nSPS) is 14.6. The Hall–Kier alpha value is -1.14. The maximum absolute atomic E-state index is 12.2. The molecule has 0 rings (SSSR count). The van der Waals surface area contributed by atoms with Crippen LogP contribution < -0.4 is 10.6 Å². The minimum Gasteiger partial charge on any atom is -0.369 e. The molecular formula is C19H38N2O4. The van der Waals surface area contributed by atoms with Gasteiger partial charge in [0, 0.05) is 25.8 Å². The maximum atomic E-state index is 12.2. The van der Waals surface area contributed by atoms with Crippen molar-refractivity contribution in [3.05, 3.63) is 0 Å². The topological polar surface area (TPSA) is 76.7 Å². The second kappa shape index (κ2) is 15.1. The molecule has 6 nitrogen and oxygen atoms in total. The molecule has 0 aliphatic rings. The number of carbonyl (C=O) groups is 2. The summed E-state index contributed by atoms with van der Waals surface area (Å²) >= 11 is 0. The van der Waals surface area contributed by atoms with E-state index in [-0.39, 0.29) is 17.9 Å². The number of nitrogens with one attached hydrogen (secondary N) is 2. The van der Waals surface area contributed by atoms with Crippen molar-refractivity contribution in [1.29, 1.82) is 0 Å². The molecule has 2 N–H and O–H groups in total. The highest BCUT2D eigenvalue weighted by Crippen LogP contribution is 2.01. The summed E-state index contributed by atoms with van der Waals surface area (Å²) < 4.78 is 11.0. The first kappa shape index (κ1) is 23.9. The number of rotatable bonds is 15. The van der Waals surface area contributed by atoms with Crippen molar-refractivity contribution in [2.45, 2.75) is 91.4 Å². The van der Waals surface area contributed by atoms with Gasteiger partial charge in [0.15, 0.2) is 0 Å². The quantitative estimate of drug-likeness (QED) is 0.441. The third kappa shape index (κ3) is 11.9. The van der Waals surface area contributed by atoms with E-state index in [1.807, 2.05) is 0 Å². The van der Waals surface area contributed by atoms with E-state index in [2.05, 4.69) is 31.4 Å². The van der Waals surface area contributed by atoms with E-state index in [1.165, 1.54) is 0 Å². The predicted octanol–water partition coefficient (Wildman–Crippen LogP) is 2.80. The molecule has 3 atom stereocenters. The molecule has 3 unspecified atom stereocenters. The van der Waals surface area contributed by atoms with Crippen LogP contribution >= 0.6 is 0 Å². The van der Waals surface area contributed by atoms with E-state index in [9.17, 15) is 9.59 Å². The van der Waals surface area contributed by atoms with Gasteiger partial charge in [-0.25, -0.2) is 0 Å². The number of unbranched alkanes of at least 4 members (excludes halogenated alkanes) is 2. The molecule has 0 aromatic rings. The third-order valence-corrected chi connectivity index (χ3v) is 3.98. The van der Waals surface area contributed by atoms with E-state index in [1.54, 1.807) is 13.8 Å². The fraction of sp³-hybridized carbons (Fsp3) is 0.895. The minimum absolute atomic E-state index is 0.0958. The SMILES string of the molecule is CCCCOC(C)C(=O)NCC(CCC)NC(=O)C(C)OCCCC. The zero-order valence-corrected chi connectivity index (χ0v) is 16.7. The van der Waals surface area contributed by atoms with Gasteiger partial charge in [0.05, 0.1) is 0 Å². The summed E-state index contributed by atoms with van der Waals surface area (Å²) in [4.78, 5) is 24.3. The van der Waals surface area contributed by atoms with Crippen LogP contribution in [0.3, 0.4) is 0 Å². The number of hydrogen-bond donors (Lipinski definition) is 2. The van der Waals surface area contributed by atoms with E-state index in [4.69, 9.17) is 9.47 Å². The molecule has 0 aliphatic carbocycles. The van der Waals surface area contributed by atoms with Crippen LogP contribution in [0, 0.1) is 0 Å². The second-order valence-electron chi connectivity index (χ2n) is 6.47. The summed E-state index contributed by atoms with van der Waals surface area (Å²) in [5.74, 6) is -0.269. The first-order valence-electron chi connectivity index (χ1n) is 9.77. The smallest absolute Gasteiger partial charge is 0.249 e. The molecule has 6 heteroatoms. The lowest BCUT2D eigenvalue weighted by atomic mass is 10.1. The largest absolute Gasteiger partial charge is 0.369 e. The molecule has 0 aromatic carbocycles. The Bertz CT molecular complexity index is 363. The van der Waals surface area contributed by atoms with Crippen LogP contribution in [0.25, 0.3) is 0 Å². The standard InChI is InChI=1S/C19H38N2O4/c1-6-9-12-24-15(4)18(22)20-14-17(11-8-3)21-19(23)16(5)25-13-10-7-2/h15-17H,6-14H2,1-5H3,(H,20,22)(H,21,23). The van der Waals surface area contributed by atoms with Gasteiger partial charge >= 0.3 is 0 Å². The molecule has 0 spiro atoms. The molecule has 2 amide bonds. The summed E-state index contributed by atoms with van der Waals surface area (Å²) in [6.45, 7) is 11.3. The Morgan fingerprint density at radius 2 is 1.36 bits per heavy atom. The van der Waals surface area contributed by atoms with Crippen LogP contribution in [0.1, 0.15) is 73.1 Å². The fourth-order valence-corrected chi connectivity index (χ4v) is 2.22. The van der Waals surface area contributed by atoms with E-state index >= 15 is 0 Å². The van der Waals surface area contributed by atoms with Crippen molar-refractivity contribution in [2.24, 2.45) is 0 Å². The van der Waals surface area contributed by atoms with Crippen molar-refractivity contribution >= 4 is 11.8 Å². The Morgan fingerprint density at radius 1 is 0.840 bits per heavy atom. The lowest BCUT2D eigenvalue weighted by Crippen LogP contribution is -2.48. The van der Waals surface area contributed by atoms with Gasteiger partial charge in [0.25, 0.3) is 0 Å². The molecule has 0 aliphatic heterocycles. The highest BCUT2D eigenvalue weighted by molar-refractivity contribution is 5.81.